The van der Waals surface area contributed by atoms with Crippen LogP contribution in [0.4, 0.5) is 0 Å². The van der Waals surface area contributed by atoms with Gasteiger partial charge in [0, 0.05) is 12.1 Å². The van der Waals surface area contributed by atoms with Crippen LogP contribution in [0.15, 0.2) is 83.7 Å². The van der Waals surface area contributed by atoms with Crippen LogP contribution in [0, 0.1) is 0 Å². The molecule has 3 heterocycles. The molecule has 0 unspecified atom stereocenters. The van der Waals surface area contributed by atoms with Crippen LogP contribution in [0.3, 0.4) is 0 Å². The van der Waals surface area contributed by atoms with Crippen molar-refractivity contribution in [2.45, 2.75) is 6.54 Å². The quantitative estimate of drug-likeness (QED) is 0.427. The van der Waals surface area contributed by atoms with Crippen LogP contribution in [0.2, 0.25) is 0 Å². The van der Waals surface area contributed by atoms with Gasteiger partial charge in [-0.15, -0.1) is 0 Å². The van der Waals surface area contributed by atoms with Crippen molar-refractivity contribution < 1.29 is 9.47 Å². The van der Waals surface area contributed by atoms with E-state index in [0.717, 1.165) is 22.4 Å². The van der Waals surface area contributed by atoms with Crippen molar-refractivity contribution in [1.29, 1.82) is 0 Å². The van der Waals surface area contributed by atoms with Crippen molar-refractivity contribution >= 4 is 5.65 Å². The van der Waals surface area contributed by atoms with E-state index in [9.17, 15) is 4.79 Å². The lowest BCUT2D eigenvalue weighted by atomic mass is 10.0. The Labute approximate surface area is 195 Å². The highest BCUT2D eigenvalue weighted by Crippen LogP contribution is 2.37. The topological polar surface area (TPSA) is 94.6 Å². The third-order valence-electron chi connectivity index (χ3n) is 6.00. The molecule has 0 aliphatic carbocycles. The second-order valence-corrected chi connectivity index (χ2v) is 8.05. The van der Waals surface area contributed by atoms with Crippen LogP contribution in [0.5, 0.6) is 11.5 Å². The summed E-state index contributed by atoms with van der Waals surface area (Å²) in [4.78, 5) is 18.8. The number of nitrogens with one attached hydrogen (secondary N) is 1. The molecule has 0 bridgehead atoms. The zero-order chi connectivity index (χ0) is 23.1. The maximum atomic E-state index is 13.9. The molecule has 1 aliphatic rings. The molecule has 0 saturated heterocycles. The third kappa shape index (κ3) is 3.25. The molecule has 0 amide bonds. The number of hydrogen-bond acceptors (Lipinski definition) is 5. The number of aromatic amines is 1. The van der Waals surface area contributed by atoms with E-state index in [1.807, 2.05) is 78.9 Å². The van der Waals surface area contributed by atoms with Gasteiger partial charge in [-0.3, -0.25) is 9.89 Å². The summed E-state index contributed by atoms with van der Waals surface area (Å²) in [6.45, 7) is 1.09. The Morgan fingerprint density at radius 3 is 2.21 bits per heavy atom. The average molecular weight is 450 g/mol. The molecule has 34 heavy (non-hydrogen) atoms. The van der Waals surface area contributed by atoms with Crippen LogP contribution >= 0.6 is 0 Å². The summed E-state index contributed by atoms with van der Waals surface area (Å²) in [5, 5.41) is 3.32. The Kier molecular flexibility index (Phi) is 4.89. The number of nitrogens with two attached hydrogens (primary N) is 1. The highest BCUT2D eigenvalue weighted by Gasteiger charge is 2.23. The average Bonchev–Trinajstić information content (AvgIpc) is 3.29. The summed E-state index contributed by atoms with van der Waals surface area (Å²) in [7, 11) is 0. The van der Waals surface area contributed by atoms with Gasteiger partial charge in [-0.25, -0.2) is 4.98 Å². The fraction of sp³-hybridized carbons (Fsp3) is 0.111. The molecule has 5 aromatic rings. The largest absolute Gasteiger partial charge is 0.486 e. The Bertz CT molecular complexity index is 1560. The SMILES string of the molecule is NCc1nc2c(-c3ccccc3)c(-c3ccccc3)[nH]n2c(=O)c1-c1ccc2c(c1)OCCO2. The number of ether oxygens (including phenoxy) is 2. The minimum atomic E-state index is -0.221. The van der Waals surface area contributed by atoms with Crippen molar-refractivity contribution in [2.24, 2.45) is 5.73 Å². The van der Waals surface area contributed by atoms with E-state index in [1.165, 1.54) is 4.52 Å². The fourth-order valence-electron chi connectivity index (χ4n) is 4.44. The number of aromatic nitrogens is 3. The van der Waals surface area contributed by atoms with E-state index >= 15 is 0 Å². The number of hydrogen-bond donors (Lipinski definition) is 2. The van der Waals surface area contributed by atoms with Gasteiger partial charge >= 0.3 is 0 Å². The maximum absolute atomic E-state index is 13.9. The number of benzene rings is 3. The highest BCUT2D eigenvalue weighted by molar-refractivity contribution is 5.91. The second-order valence-electron chi connectivity index (χ2n) is 8.05. The first-order valence-electron chi connectivity index (χ1n) is 11.1. The summed E-state index contributed by atoms with van der Waals surface area (Å²) in [5.74, 6) is 1.27. The molecular weight excluding hydrogens is 428 g/mol. The van der Waals surface area contributed by atoms with Gasteiger partial charge in [-0.05, 0) is 23.3 Å². The normalized spacial score (nSPS) is 12.7. The van der Waals surface area contributed by atoms with Crippen LogP contribution in [-0.2, 0) is 6.54 Å². The molecule has 3 aromatic carbocycles. The van der Waals surface area contributed by atoms with Gasteiger partial charge in [0.15, 0.2) is 17.1 Å². The molecule has 0 saturated carbocycles. The standard InChI is InChI=1S/C27H22N4O3/c28-16-20-23(19-11-12-21-22(15-19)34-14-13-33-21)27(32)31-26(29-20)24(17-7-3-1-4-8-17)25(30-31)18-9-5-2-6-10-18/h1-12,15,30H,13-14,16,28H2. The number of fused-ring (bicyclic) bond motifs is 2. The van der Waals surface area contributed by atoms with E-state index in [1.54, 1.807) is 0 Å². The third-order valence-corrected chi connectivity index (χ3v) is 6.00. The van der Waals surface area contributed by atoms with Crippen molar-refractivity contribution in [3.05, 3.63) is 94.9 Å². The van der Waals surface area contributed by atoms with E-state index < -0.39 is 0 Å². The summed E-state index contributed by atoms with van der Waals surface area (Å²) in [6.07, 6.45) is 0. The van der Waals surface area contributed by atoms with Crippen molar-refractivity contribution in [2.75, 3.05) is 13.2 Å². The van der Waals surface area contributed by atoms with Gasteiger partial charge in [0.1, 0.15) is 13.2 Å². The Balaban J connectivity index is 1.65. The predicted octanol–water partition coefficient (Wildman–Crippen LogP) is 4.25. The van der Waals surface area contributed by atoms with E-state index in [2.05, 4.69) is 5.10 Å². The monoisotopic (exact) mass is 450 g/mol. The van der Waals surface area contributed by atoms with Gasteiger partial charge in [0.25, 0.3) is 5.56 Å². The van der Waals surface area contributed by atoms with Crippen LogP contribution in [-0.4, -0.2) is 27.8 Å². The lowest BCUT2D eigenvalue weighted by Crippen LogP contribution is -2.22. The number of rotatable bonds is 4. The van der Waals surface area contributed by atoms with E-state index in [4.69, 9.17) is 20.2 Å². The van der Waals surface area contributed by atoms with E-state index in [0.29, 0.717) is 47.2 Å². The second kappa shape index (κ2) is 8.20. The Morgan fingerprint density at radius 1 is 0.824 bits per heavy atom. The number of nitrogens with zero attached hydrogens (tertiary/aromatic N) is 2. The molecule has 0 fully saturated rings. The molecule has 1 aliphatic heterocycles. The first-order chi connectivity index (χ1) is 16.7. The number of H-pyrrole nitrogens is 1. The molecule has 0 atom stereocenters. The minimum absolute atomic E-state index is 0.121. The molecule has 3 N–H and O–H groups in total. The lowest BCUT2D eigenvalue weighted by Gasteiger charge is -2.19. The molecule has 0 radical (unpaired) electrons. The van der Waals surface area contributed by atoms with Gasteiger partial charge < -0.3 is 15.2 Å². The smallest absolute Gasteiger partial charge is 0.280 e. The molecule has 7 heteroatoms. The summed E-state index contributed by atoms with van der Waals surface area (Å²) in [6, 6.07) is 25.3. The van der Waals surface area contributed by atoms with Gasteiger partial charge in [0.05, 0.1) is 22.5 Å². The highest BCUT2D eigenvalue weighted by atomic mass is 16.6. The Morgan fingerprint density at radius 2 is 1.50 bits per heavy atom. The zero-order valence-corrected chi connectivity index (χ0v) is 18.3. The zero-order valence-electron chi connectivity index (χ0n) is 18.3. The van der Waals surface area contributed by atoms with Crippen molar-refractivity contribution in [1.82, 2.24) is 14.6 Å². The lowest BCUT2D eigenvalue weighted by molar-refractivity contribution is 0.171. The van der Waals surface area contributed by atoms with Crippen LogP contribution < -0.4 is 20.8 Å². The van der Waals surface area contributed by atoms with Crippen LogP contribution in [0.1, 0.15) is 5.69 Å². The maximum Gasteiger partial charge on any atom is 0.280 e. The predicted molar refractivity (Wildman–Crippen MR) is 131 cm³/mol. The molecule has 7 nitrogen and oxygen atoms in total. The molecule has 2 aromatic heterocycles. The van der Waals surface area contributed by atoms with Gasteiger partial charge in [0.2, 0.25) is 0 Å². The molecule has 6 rings (SSSR count). The Hall–Kier alpha value is -4.36. The molecular formula is C27H22N4O3. The van der Waals surface area contributed by atoms with Crippen LogP contribution in [0.25, 0.3) is 39.2 Å². The van der Waals surface area contributed by atoms with Gasteiger partial charge in [-0.2, -0.15) is 4.52 Å². The summed E-state index contributed by atoms with van der Waals surface area (Å²) >= 11 is 0. The molecule has 168 valence electrons. The summed E-state index contributed by atoms with van der Waals surface area (Å²) in [5.41, 5.74) is 11.7. The van der Waals surface area contributed by atoms with E-state index in [-0.39, 0.29) is 12.1 Å². The fourth-order valence-corrected chi connectivity index (χ4v) is 4.44. The van der Waals surface area contributed by atoms with Crippen molar-refractivity contribution in [3.8, 4) is 45.0 Å². The van der Waals surface area contributed by atoms with Gasteiger partial charge in [-0.1, -0.05) is 66.7 Å². The molecule has 0 spiro atoms. The summed E-state index contributed by atoms with van der Waals surface area (Å²) < 4.78 is 12.9. The minimum Gasteiger partial charge on any atom is -0.486 e. The first kappa shape index (κ1) is 20.3. The van der Waals surface area contributed by atoms with Crippen molar-refractivity contribution in [3.63, 3.8) is 0 Å². The first-order valence-corrected chi connectivity index (χ1v) is 11.1.